The molecule has 88 valence electrons. The first-order valence-electron chi connectivity index (χ1n) is 5.86. The van der Waals surface area contributed by atoms with Crippen LogP contribution in [-0.2, 0) is 6.42 Å². The molecule has 0 saturated carbocycles. The number of ether oxygens (including phenoxy) is 2. The van der Waals surface area contributed by atoms with Crippen LogP contribution < -0.4 is 14.8 Å². The van der Waals surface area contributed by atoms with Gasteiger partial charge in [-0.3, -0.25) is 0 Å². The number of rotatable bonds is 4. The minimum absolute atomic E-state index is 0.430. The van der Waals surface area contributed by atoms with Gasteiger partial charge in [-0.25, -0.2) is 0 Å². The topological polar surface area (TPSA) is 30.5 Å². The third-order valence-corrected chi connectivity index (χ3v) is 2.86. The lowest BCUT2D eigenvalue weighted by atomic mass is 10.0. The fourth-order valence-electron chi connectivity index (χ4n) is 1.98. The van der Waals surface area contributed by atoms with Gasteiger partial charge in [-0.05, 0) is 43.1 Å². The molecule has 1 heterocycles. The van der Waals surface area contributed by atoms with E-state index < -0.39 is 0 Å². The van der Waals surface area contributed by atoms with Gasteiger partial charge in [0.25, 0.3) is 0 Å². The molecular formula is C13H19NO2. The minimum Gasteiger partial charge on any atom is -0.497 e. The standard InChI is InChI=1S/C13H19NO2/c1-3-6-14-11-7-10-8-12(15-2)4-5-13(10)16-9-11/h4-5,8,11,14H,3,6-7,9H2,1-2H3/t11-/m1/s1. The molecule has 0 bridgehead atoms. The Hall–Kier alpha value is -1.22. The van der Waals surface area contributed by atoms with Gasteiger partial charge in [-0.1, -0.05) is 6.92 Å². The van der Waals surface area contributed by atoms with Crippen LogP contribution in [0, 0.1) is 0 Å². The van der Waals surface area contributed by atoms with Gasteiger partial charge in [0.1, 0.15) is 18.1 Å². The van der Waals surface area contributed by atoms with Gasteiger partial charge in [0, 0.05) is 6.04 Å². The van der Waals surface area contributed by atoms with Crippen LogP contribution >= 0.6 is 0 Å². The maximum atomic E-state index is 5.71. The lowest BCUT2D eigenvalue weighted by molar-refractivity contribution is 0.238. The molecule has 3 heteroatoms. The predicted octanol–water partition coefficient (Wildman–Crippen LogP) is 2.00. The Morgan fingerprint density at radius 1 is 1.50 bits per heavy atom. The molecule has 0 spiro atoms. The monoisotopic (exact) mass is 221 g/mol. The van der Waals surface area contributed by atoms with Crippen molar-refractivity contribution in [1.29, 1.82) is 0 Å². The maximum absolute atomic E-state index is 5.71. The van der Waals surface area contributed by atoms with E-state index in [0.29, 0.717) is 6.04 Å². The molecule has 1 atom stereocenters. The number of hydrogen-bond acceptors (Lipinski definition) is 3. The van der Waals surface area contributed by atoms with Crippen molar-refractivity contribution in [2.75, 3.05) is 20.3 Å². The molecule has 0 fully saturated rings. The first-order valence-corrected chi connectivity index (χ1v) is 5.86. The molecule has 1 aliphatic rings. The van der Waals surface area contributed by atoms with Crippen LogP contribution in [0.15, 0.2) is 18.2 Å². The van der Waals surface area contributed by atoms with Crippen molar-refractivity contribution < 1.29 is 9.47 Å². The van der Waals surface area contributed by atoms with Crippen LogP contribution in [0.3, 0.4) is 0 Å². The summed E-state index contributed by atoms with van der Waals surface area (Å²) >= 11 is 0. The van der Waals surface area contributed by atoms with Gasteiger partial charge in [0.2, 0.25) is 0 Å². The number of hydrogen-bond donors (Lipinski definition) is 1. The van der Waals surface area contributed by atoms with E-state index in [-0.39, 0.29) is 0 Å². The zero-order valence-electron chi connectivity index (χ0n) is 9.95. The summed E-state index contributed by atoms with van der Waals surface area (Å²) in [4.78, 5) is 0. The highest BCUT2D eigenvalue weighted by atomic mass is 16.5. The average molecular weight is 221 g/mol. The second-order valence-corrected chi connectivity index (χ2v) is 4.14. The fourth-order valence-corrected chi connectivity index (χ4v) is 1.98. The number of methoxy groups -OCH3 is 1. The summed E-state index contributed by atoms with van der Waals surface area (Å²) < 4.78 is 10.9. The van der Waals surface area contributed by atoms with Crippen LogP contribution in [-0.4, -0.2) is 26.3 Å². The van der Waals surface area contributed by atoms with E-state index in [1.54, 1.807) is 7.11 Å². The summed E-state index contributed by atoms with van der Waals surface area (Å²) in [6.07, 6.45) is 2.17. The molecule has 0 radical (unpaired) electrons. The largest absolute Gasteiger partial charge is 0.497 e. The van der Waals surface area contributed by atoms with E-state index >= 15 is 0 Å². The van der Waals surface area contributed by atoms with E-state index in [2.05, 4.69) is 18.3 Å². The Morgan fingerprint density at radius 2 is 2.38 bits per heavy atom. The highest BCUT2D eigenvalue weighted by molar-refractivity contribution is 5.42. The van der Waals surface area contributed by atoms with Crippen LogP contribution in [0.4, 0.5) is 0 Å². The van der Waals surface area contributed by atoms with Crippen molar-refractivity contribution in [1.82, 2.24) is 5.32 Å². The summed E-state index contributed by atoms with van der Waals surface area (Å²) in [5.74, 6) is 1.90. The summed E-state index contributed by atoms with van der Waals surface area (Å²) in [5.41, 5.74) is 1.24. The highest BCUT2D eigenvalue weighted by Crippen LogP contribution is 2.28. The number of fused-ring (bicyclic) bond motifs is 1. The Bertz CT molecular complexity index is 352. The van der Waals surface area contributed by atoms with Gasteiger partial charge in [-0.15, -0.1) is 0 Å². The Kier molecular flexibility index (Phi) is 3.67. The molecule has 0 aromatic heterocycles. The van der Waals surface area contributed by atoms with Crippen LogP contribution in [0.25, 0.3) is 0 Å². The molecule has 16 heavy (non-hydrogen) atoms. The minimum atomic E-state index is 0.430. The molecule has 1 aromatic carbocycles. The van der Waals surface area contributed by atoms with Gasteiger partial charge in [0.05, 0.1) is 7.11 Å². The molecule has 0 unspecified atom stereocenters. The van der Waals surface area contributed by atoms with Gasteiger partial charge in [-0.2, -0.15) is 0 Å². The zero-order valence-corrected chi connectivity index (χ0v) is 9.95. The van der Waals surface area contributed by atoms with Crippen LogP contribution in [0.5, 0.6) is 11.5 Å². The van der Waals surface area contributed by atoms with Gasteiger partial charge >= 0.3 is 0 Å². The van der Waals surface area contributed by atoms with Crippen molar-refractivity contribution in [3.05, 3.63) is 23.8 Å². The summed E-state index contributed by atoms with van der Waals surface area (Å²) in [7, 11) is 1.69. The SMILES string of the molecule is CCCN[C@H]1COc2ccc(OC)cc2C1. The lowest BCUT2D eigenvalue weighted by Crippen LogP contribution is -2.39. The summed E-state index contributed by atoms with van der Waals surface area (Å²) in [6.45, 7) is 3.99. The fraction of sp³-hybridized carbons (Fsp3) is 0.538. The molecule has 1 aromatic rings. The normalized spacial score (nSPS) is 18.8. The maximum Gasteiger partial charge on any atom is 0.122 e. The van der Waals surface area contributed by atoms with E-state index in [1.165, 1.54) is 5.56 Å². The smallest absolute Gasteiger partial charge is 0.122 e. The van der Waals surface area contributed by atoms with Crippen LogP contribution in [0.1, 0.15) is 18.9 Å². The molecule has 0 amide bonds. The number of nitrogens with one attached hydrogen (secondary N) is 1. The first kappa shape index (κ1) is 11.3. The Balaban J connectivity index is 2.06. The molecule has 1 N–H and O–H groups in total. The van der Waals surface area contributed by atoms with E-state index in [4.69, 9.17) is 9.47 Å². The summed E-state index contributed by atoms with van der Waals surface area (Å²) in [6, 6.07) is 6.43. The van der Waals surface area contributed by atoms with Crippen molar-refractivity contribution >= 4 is 0 Å². The first-order chi connectivity index (χ1) is 7.83. The van der Waals surface area contributed by atoms with Crippen molar-refractivity contribution in [2.24, 2.45) is 0 Å². The van der Waals surface area contributed by atoms with Gasteiger partial charge in [0.15, 0.2) is 0 Å². The number of benzene rings is 1. The van der Waals surface area contributed by atoms with E-state index in [9.17, 15) is 0 Å². The van der Waals surface area contributed by atoms with E-state index in [1.807, 2.05) is 12.1 Å². The Morgan fingerprint density at radius 3 is 3.12 bits per heavy atom. The second-order valence-electron chi connectivity index (χ2n) is 4.14. The van der Waals surface area contributed by atoms with Crippen molar-refractivity contribution in [3.63, 3.8) is 0 Å². The highest BCUT2D eigenvalue weighted by Gasteiger charge is 2.19. The van der Waals surface area contributed by atoms with Gasteiger partial charge < -0.3 is 14.8 Å². The predicted molar refractivity (Wildman–Crippen MR) is 64.3 cm³/mol. The molecule has 1 aliphatic heterocycles. The third kappa shape index (κ3) is 2.47. The lowest BCUT2D eigenvalue weighted by Gasteiger charge is -2.26. The summed E-state index contributed by atoms with van der Waals surface area (Å²) in [5, 5.41) is 3.48. The van der Waals surface area contributed by atoms with E-state index in [0.717, 1.165) is 37.5 Å². The molecule has 0 saturated heterocycles. The second kappa shape index (κ2) is 5.21. The quantitative estimate of drug-likeness (QED) is 0.843. The average Bonchev–Trinajstić information content (AvgIpc) is 2.35. The molecular weight excluding hydrogens is 202 g/mol. The molecule has 2 rings (SSSR count). The molecule has 0 aliphatic carbocycles. The molecule has 3 nitrogen and oxygen atoms in total. The van der Waals surface area contributed by atoms with Crippen molar-refractivity contribution in [2.45, 2.75) is 25.8 Å². The van der Waals surface area contributed by atoms with Crippen LogP contribution in [0.2, 0.25) is 0 Å². The Labute approximate surface area is 96.8 Å². The zero-order chi connectivity index (χ0) is 11.4. The van der Waals surface area contributed by atoms with Crippen molar-refractivity contribution in [3.8, 4) is 11.5 Å². The third-order valence-electron chi connectivity index (χ3n) is 2.86.